The van der Waals surface area contributed by atoms with E-state index in [2.05, 4.69) is 5.32 Å². The average molecular weight is 396 g/mol. The number of hydrogen-bond acceptors (Lipinski definition) is 5. The summed E-state index contributed by atoms with van der Waals surface area (Å²) in [6.45, 7) is 2.20. The molecule has 0 aliphatic rings. The molecule has 1 N–H and O–H groups in total. The van der Waals surface area contributed by atoms with Gasteiger partial charge in [-0.1, -0.05) is 23.7 Å². The van der Waals surface area contributed by atoms with E-state index in [1.165, 1.54) is 24.3 Å². The van der Waals surface area contributed by atoms with Gasteiger partial charge in [0.05, 0.1) is 12.3 Å². The van der Waals surface area contributed by atoms with Crippen molar-refractivity contribution >= 4 is 38.8 Å². The van der Waals surface area contributed by atoms with Crippen LogP contribution in [-0.2, 0) is 14.6 Å². The third-order valence-corrected chi connectivity index (χ3v) is 4.99. The molecule has 2 rings (SSSR count). The fourth-order valence-electron chi connectivity index (χ4n) is 2.21. The zero-order valence-electron chi connectivity index (χ0n) is 14.1. The van der Waals surface area contributed by atoms with Gasteiger partial charge in [-0.2, -0.15) is 0 Å². The van der Waals surface area contributed by atoms with Gasteiger partial charge in [-0.15, -0.1) is 0 Å². The summed E-state index contributed by atoms with van der Waals surface area (Å²) < 4.78 is 29.7. The van der Waals surface area contributed by atoms with Gasteiger partial charge in [0.1, 0.15) is 17.3 Å². The van der Waals surface area contributed by atoms with E-state index in [9.17, 15) is 18.0 Å². The first-order valence-corrected chi connectivity index (χ1v) is 10.0. The number of carbonyl (C=O) groups is 2. The van der Waals surface area contributed by atoms with Gasteiger partial charge in [0.15, 0.2) is 15.6 Å². The van der Waals surface area contributed by atoms with Crippen LogP contribution in [-0.4, -0.2) is 38.2 Å². The van der Waals surface area contributed by atoms with Crippen LogP contribution in [0.2, 0.25) is 5.02 Å². The minimum atomic E-state index is -3.92. The maximum atomic E-state index is 12.2. The normalized spacial score (nSPS) is 11.0. The number of rotatable bonds is 8. The third kappa shape index (κ3) is 5.86. The Bertz CT molecular complexity index is 894. The van der Waals surface area contributed by atoms with Gasteiger partial charge in [-0.3, -0.25) is 9.59 Å². The number of hydrogen-bond donors (Lipinski definition) is 1. The molecule has 6 nitrogen and oxygen atoms in total. The molecule has 0 fully saturated rings. The van der Waals surface area contributed by atoms with E-state index in [1.54, 1.807) is 31.2 Å². The highest BCUT2D eigenvalue weighted by Gasteiger charge is 2.22. The molecule has 1 amide bonds. The van der Waals surface area contributed by atoms with Gasteiger partial charge in [-0.25, -0.2) is 8.42 Å². The lowest BCUT2D eigenvalue weighted by molar-refractivity contribution is -0.113. The summed E-state index contributed by atoms with van der Waals surface area (Å²) in [4.78, 5) is 24.1. The number of nitrogens with one attached hydrogen (secondary N) is 1. The van der Waals surface area contributed by atoms with Crippen LogP contribution in [0.5, 0.6) is 5.75 Å². The van der Waals surface area contributed by atoms with Crippen molar-refractivity contribution in [1.82, 2.24) is 0 Å². The number of carbonyl (C=O) groups excluding carboxylic acids is 2. The first-order valence-electron chi connectivity index (χ1n) is 7.81. The highest BCUT2D eigenvalue weighted by Crippen LogP contribution is 2.23. The predicted molar refractivity (Wildman–Crippen MR) is 101 cm³/mol. The van der Waals surface area contributed by atoms with Crippen molar-refractivity contribution in [3.05, 3.63) is 59.1 Å². The molecular formula is C18H18ClNO5S. The maximum Gasteiger partial charge on any atom is 0.239 e. The number of anilines is 1. The van der Waals surface area contributed by atoms with Gasteiger partial charge < -0.3 is 10.1 Å². The van der Waals surface area contributed by atoms with E-state index >= 15 is 0 Å². The number of ether oxygens (including phenoxy) is 1. The van der Waals surface area contributed by atoms with Crippen molar-refractivity contribution in [3.8, 4) is 5.75 Å². The molecule has 0 aromatic heterocycles. The highest BCUT2D eigenvalue weighted by molar-refractivity contribution is 7.92. The van der Waals surface area contributed by atoms with Crippen molar-refractivity contribution in [2.75, 3.05) is 23.4 Å². The zero-order valence-corrected chi connectivity index (χ0v) is 15.6. The van der Waals surface area contributed by atoms with Gasteiger partial charge >= 0.3 is 0 Å². The summed E-state index contributed by atoms with van der Waals surface area (Å²) in [7, 11) is -3.92. The van der Waals surface area contributed by atoms with Crippen LogP contribution in [0.4, 0.5) is 5.69 Å². The van der Waals surface area contributed by atoms with Crippen LogP contribution in [0, 0.1) is 0 Å². The van der Waals surface area contributed by atoms with Gasteiger partial charge in [-0.05, 0) is 43.3 Å². The van der Waals surface area contributed by atoms with Crippen molar-refractivity contribution < 1.29 is 22.7 Å². The molecule has 0 aliphatic heterocycles. The van der Waals surface area contributed by atoms with Crippen molar-refractivity contribution in [1.29, 1.82) is 0 Å². The van der Waals surface area contributed by atoms with Crippen LogP contribution in [0.15, 0.2) is 48.5 Å². The average Bonchev–Trinajstić information content (AvgIpc) is 2.56. The Labute approximate surface area is 157 Å². The Morgan fingerprint density at radius 3 is 2.35 bits per heavy atom. The van der Waals surface area contributed by atoms with Crippen molar-refractivity contribution in [3.63, 3.8) is 0 Å². The summed E-state index contributed by atoms with van der Waals surface area (Å²) in [6.07, 6.45) is 0. The lowest BCUT2D eigenvalue weighted by Gasteiger charge is -2.11. The Hall–Kier alpha value is -2.38. The minimum Gasteiger partial charge on any atom is -0.492 e. The molecule has 0 saturated heterocycles. The largest absolute Gasteiger partial charge is 0.492 e. The van der Waals surface area contributed by atoms with Crippen LogP contribution < -0.4 is 10.1 Å². The molecule has 138 valence electrons. The van der Waals surface area contributed by atoms with E-state index in [1.807, 2.05) is 0 Å². The van der Waals surface area contributed by atoms with E-state index in [4.69, 9.17) is 16.3 Å². The number of halogens is 1. The van der Waals surface area contributed by atoms with Crippen LogP contribution in [0.25, 0.3) is 0 Å². The molecule has 2 aromatic carbocycles. The summed E-state index contributed by atoms with van der Waals surface area (Å²) in [6, 6.07) is 12.6. The second kappa shape index (κ2) is 8.82. The molecule has 8 heteroatoms. The Balaban J connectivity index is 2.01. The van der Waals surface area contributed by atoms with Crippen LogP contribution in [0.3, 0.4) is 0 Å². The van der Waals surface area contributed by atoms with Crippen molar-refractivity contribution in [2.24, 2.45) is 0 Å². The number of Topliss-reactive ketones (excluding diaryl/α,β-unsaturated/α-hetero) is 1. The number of amides is 1. The van der Waals surface area contributed by atoms with E-state index in [0.29, 0.717) is 23.1 Å². The molecule has 0 bridgehead atoms. The molecule has 26 heavy (non-hydrogen) atoms. The molecule has 0 unspecified atom stereocenters. The Morgan fingerprint density at radius 2 is 1.69 bits per heavy atom. The number of benzene rings is 2. The lowest BCUT2D eigenvalue weighted by atomic mass is 10.1. The van der Waals surface area contributed by atoms with Crippen LogP contribution >= 0.6 is 11.6 Å². The zero-order chi connectivity index (χ0) is 19.2. The summed E-state index contributed by atoms with van der Waals surface area (Å²) >= 11 is 5.74. The lowest BCUT2D eigenvalue weighted by Crippen LogP contribution is -2.27. The fraction of sp³-hybridized carbons (Fsp3) is 0.222. The molecule has 0 spiro atoms. The minimum absolute atomic E-state index is 0.222. The van der Waals surface area contributed by atoms with Gasteiger partial charge in [0.25, 0.3) is 0 Å². The molecule has 0 saturated carbocycles. The van der Waals surface area contributed by atoms with Gasteiger partial charge in [0, 0.05) is 10.6 Å². The fourth-order valence-corrected chi connectivity index (χ4v) is 3.47. The molecule has 0 atom stereocenters. The SMILES string of the molecule is CCOc1ccccc1NC(=O)CS(=O)(=O)CC(=O)c1ccc(Cl)cc1. The smallest absolute Gasteiger partial charge is 0.239 e. The molecule has 0 radical (unpaired) electrons. The number of para-hydroxylation sites is 2. The van der Waals surface area contributed by atoms with Gasteiger partial charge in [0.2, 0.25) is 5.91 Å². The Kier molecular flexibility index (Phi) is 6.76. The number of ketones is 1. The predicted octanol–water partition coefficient (Wildman–Crippen LogP) is 2.97. The van der Waals surface area contributed by atoms with E-state index in [-0.39, 0.29) is 5.56 Å². The second-order valence-corrected chi connectivity index (χ2v) is 7.94. The molecular weight excluding hydrogens is 378 g/mol. The summed E-state index contributed by atoms with van der Waals surface area (Å²) in [5.74, 6) is -2.44. The monoisotopic (exact) mass is 395 g/mol. The quantitative estimate of drug-likeness (QED) is 0.694. The first kappa shape index (κ1) is 19.9. The topological polar surface area (TPSA) is 89.5 Å². The summed E-state index contributed by atoms with van der Waals surface area (Å²) in [5.41, 5.74) is 0.596. The van der Waals surface area contributed by atoms with E-state index < -0.39 is 33.0 Å². The third-order valence-electron chi connectivity index (χ3n) is 3.33. The van der Waals surface area contributed by atoms with E-state index in [0.717, 1.165) is 0 Å². The maximum absolute atomic E-state index is 12.2. The second-order valence-electron chi connectivity index (χ2n) is 5.44. The molecule has 2 aromatic rings. The Morgan fingerprint density at radius 1 is 1.04 bits per heavy atom. The van der Waals surface area contributed by atoms with Crippen molar-refractivity contribution in [2.45, 2.75) is 6.92 Å². The molecule has 0 heterocycles. The molecule has 0 aliphatic carbocycles. The highest BCUT2D eigenvalue weighted by atomic mass is 35.5. The number of sulfone groups is 1. The standard InChI is InChI=1S/C18H18ClNO5S/c1-2-25-17-6-4-3-5-15(17)20-18(22)12-26(23,24)11-16(21)13-7-9-14(19)10-8-13/h3-10H,2,11-12H2,1H3,(H,20,22). The summed E-state index contributed by atoms with van der Waals surface area (Å²) in [5, 5.41) is 2.94. The van der Waals surface area contributed by atoms with Crippen LogP contribution in [0.1, 0.15) is 17.3 Å². The first-order chi connectivity index (χ1) is 12.3.